The van der Waals surface area contributed by atoms with Crippen molar-refractivity contribution in [3.63, 3.8) is 0 Å². The molecule has 0 N–H and O–H groups in total. The zero-order valence-corrected chi connectivity index (χ0v) is 15.0. The summed E-state index contributed by atoms with van der Waals surface area (Å²) < 4.78 is 5.86. The van der Waals surface area contributed by atoms with Crippen molar-refractivity contribution in [1.82, 2.24) is 0 Å². The Balaban J connectivity index is 1.59. The molecule has 1 aliphatic carbocycles. The summed E-state index contributed by atoms with van der Waals surface area (Å²) >= 11 is 0. The third kappa shape index (κ3) is 6.49. The molecule has 1 fully saturated rings. The number of hydrogen-bond acceptors (Lipinski definition) is 2. The van der Waals surface area contributed by atoms with Crippen LogP contribution in [0.4, 0.5) is 0 Å². The summed E-state index contributed by atoms with van der Waals surface area (Å²) in [7, 11) is 0. The highest BCUT2D eigenvalue weighted by molar-refractivity contribution is 5.33. The van der Waals surface area contributed by atoms with Gasteiger partial charge in [0.15, 0.2) is 0 Å². The normalized spacial score (nSPS) is 21.0. The van der Waals surface area contributed by atoms with Gasteiger partial charge in [-0.3, -0.25) is 0 Å². The van der Waals surface area contributed by atoms with Gasteiger partial charge in [-0.1, -0.05) is 44.1 Å². The van der Waals surface area contributed by atoms with Gasteiger partial charge < -0.3 is 4.74 Å². The van der Waals surface area contributed by atoms with Crippen molar-refractivity contribution < 1.29 is 4.74 Å². The van der Waals surface area contributed by atoms with Crippen LogP contribution in [0.1, 0.15) is 75.3 Å². The maximum Gasteiger partial charge on any atom is 0.0991 e. The summed E-state index contributed by atoms with van der Waals surface area (Å²) in [5, 5.41) is 8.88. The molecule has 0 aliphatic heterocycles. The Labute approximate surface area is 147 Å². The maximum atomic E-state index is 8.88. The first-order chi connectivity index (χ1) is 11.8. The molecule has 2 nitrogen and oxygen atoms in total. The number of nitriles is 1. The van der Waals surface area contributed by atoms with Gasteiger partial charge in [-0.15, -0.1) is 0 Å². The summed E-state index contributed by atoms with van der Waals surface area (Å²) in [6, 6.07) is 10.3. The summed E-state index contributed by atoms with van der Waals surface area (Å²) in [6.45, 7) is 4.01. The average molecular weight is 325 g/mol. The van der Waals surface area contributed by atoms with Crippen molar-refractivity contribution in [3.05, 3.63) is 47.5 Å². The fourth-order valence-corrected chi connectivity index (χ4v) is 3.45. The van der Waals surface area contributed by atoms with Crippen molar-refractivity contribution in [2.45, 2.75) is 64.2 Å². The predicted octanol–water partition coefficient (Wildman–Crippen LogP) is 5.99. The molecule has 24 heavy (non-hydrogen) atoms. The van der Waals surface area contributed by atoms with Gasteiger partial charge in [0.2, 0.25) is 0 Å². The Morgan fingerprint density at radius 1 is 1.08 bits per heavy atom. The molecule has 0 unspecified atom stereocenters. The highest BCUT2D eigenvalue weighted by atomic mass is 16.5. The summed E-state index contributed by atoms with van der Waals surface area (Å²) in [6.07, 6.45) is 14.4. The molecule has 130 valence electrons. The first-order valence-electron chi connectivity index (χ1n) is 9.56. The molecule has 0 radical (unpaired) electrons. The lowest BCUT2D eigenvalue weighted by Gasteiger charge is -2.28. The van der Waals surface area contributed by atoms with Gasteiger partial charge in [0.05, 0.1) is 18.2 Å². The van der Waals surface area contributed by atoms with E-state index < -0.39 is 0 Å². The molecule has 0 amide bonds. The monoisotopic (exact) mass is 325 g/mol. The fraction of sp³-hybridized carbons (Fsp3) is 0.591. The second-order valence-electron chi connectivity index (χ2n) is 6.93. The molecule has 0 aromatic heterocycles. The molecule has 1 aromatic rings. The molecule has 1 saturated carbocycles. The van der Waals surface area contributed by atoms with E-state index in [9.17, 15) is 0 Å². The SMILES string of the molecule is CCCC/C=C/CCOCC1CCC(c2ccc(C#N)cc2)CC1. The predicted molar refractivity (Wildman–Crippen MR) is 100.0 cm³/mol. The number of nitrogens with zero attached hydrogens (tertiary/aromatic N) is 1. The van der Waals surface area contributed by atoms with E-state index in [0.29, 0.717) is 5.92 Å². The topological polar surface area (TPSA) is 33.0 Å². The minimum Gasteiger partial charge on any atom is -0.381 e. The molecule has 2 rings (SSSR count). The van der Waals surface area contributed by atoms with Crippen LogP contribution in [0.5, 0.6) is 0 Å². The largest absolute Gasteiger partial charge is 0.381 e. The average Bonchev–Trinajstić information content (AvgIpc) is 2.64. The molecule has 0 bridgehead atoms. The molecule has 1 aliphatic rings. The standard InChI is InChI=1S/C22H31NO/c1-2-3-4-5-6-7-16-24-18-20-10-14-22(15-11-20)21-12-8-19(17-23)9-13-21/h5-6,8-9,12-13,20,22H,2-4,7,10-11,14-16,18H2,1H3/b6-5+. The van der Waals surface area contributed by atoms with Crippen LogP contribution in [0.2, 0.25) is 0 Å². The van der Waals surface area contributed by atoms with E-state index in [0.717, 1.165) is 31.1 Å². The number of benzene rings is 1. The maximum absolute atomic E-state index is 8.88. The third-order valence-corrected chi connectivity index (χ3v) is 5.03. The molecule has 0 atom stereocenters. The molecular weight excluding hydrogens is 294 g/mol. The molecule has 2 heteroatoms. The van der Waals surface area contributed by atoms with Crippen molar-refractivity contribution in [1.29, 1.82) is 5.26 Å². The van der Waals surface area contributed by atoms with Crippen LogP contribution in [0.15, 0.2) is 36.4 Å². The zero-order valence-electron chi connectivity index (χ0n) is 15.0. The quantitative estimate of drug-likeness (QED) is 0.413. The van der Waals surface area contributed by atoms with Gasteiger partial charge in [-0.25, -0.2) is 0 Å². The van der Waals surface area contributed by atoms with Gasteiger partial charge in [0.25, 0.3) is 0 Å². The molecule has 0 heterocycles. The summed E-state index contributed by atoms with van der Waals surface area (Å²) in [5.41, 5.74) is 2.15. The molecule has 1 aromatic carbocycles. The van der Waals surface area contributed by atoms with Gasteiger partial charge in [-0.05, 0) is 68.1 Å². The number of unbranched alkanes of at least 4 members (excludes halogenated alkanes) is 2. The van der Waals surface area contributed by atoms with Crippen molar-refractivity contribution in [3.8, 4) is 6.07 Å². The van der Waals surface area contributed by atoms with E-state index in [1.807, 2.05) is 12.1 Å². The number of ether oxygens (including phenoxy) is 1. The fourth-order valence-electron chi connectivity index (χ4n) is 3.45. The first kappa shape index (κ1) is 18.7. The third-order valence-electron chi connectivity index (χ3n) is 5.03. The van der Waals surface area contributed by atoms with Gasteiger partial charge >= 0.3 is 0 Å². The Hall–Kier alpha value is -1.59. The number of rotatable bonds is 9. The highest BCUT2D eigenvalue weighted by Crippen LogP contribution is 2.35. The van der Waals surface area contributed by atoms with Crippen LogP contribution < -0.4 is 0 Å². The minimum atomic E-state index is 0.662. The van der Waals surface area contributed by atoms with Gasteiger partial charge in [0.1, 0.15) is 0 Å². The van der Waals surface area contributed by atoms with Crippen molar-refractivity contribution in [2.24, 2.45) is 5.92 Å². The Bertz CT molecular complexity index is 518. The Kier molecular flexibility index (Phi) is 8.63. The van der Waals surface area contributed by atoms with E-state index in [1.54, 1.807) is 0 Å². The van der Waals surface area contributed by atoms with Crippen LogP contribution in [0.25, 0.3) is 0 Å². The second-order valence-corrected chi connectivity index (χ2v) is 6.93. The van der Waals surface area contributed by atoms with E-state index in [2.05, 4.69) is 37.3 Å². The summed E-state index contributed by atoms with van der Waals surface area (Å²) in [4.78, 5) is 0. The summed E-state index contributed by atoms with van der Waals surface area (Å²) in [5.74, 6) is 1.39. The second kappa shape index (κ2) is 11.0. The van der Waals surface area contributed by atoms with Crippen LogP contribution in [0.3, 0.4) is 0 Å². The molecule has 0 saturated heterocycles. The van der Waals surface area contributed by atoms with E-state index in [1.165, 1.54) is 50.5 Å². The van der Waals surface area contributed by atoms with Crippen LogP contribution in [0, 0.1) is 17.2 Å². The number of allylic oxidation sites excluding steroid dienone is 1. The lowest BCUT2D eigenvalue weighted by atomic mass is 9.79. The molecule has 0 spiro atoms. The van der Waals surface area contributed by atoms with E-state index >= 15 is 0 Å². The lowest BCUT2D eigenvalue weighted by Crippen LogP contribution is -2.18. The molecular formula is C22H31NO. The smallest absolute Gasteiger partial charge is 0.0991 e. The van der Waals surface area contributed by atoms with Crippen LogP contribution in [-0.4, -0.2) is 13.2 Å². The lowest BCUT2D eigenvalue weighted by molar-refractivity contribution is 0.0858. The zero-order chi connectivity index (χ0) is 17.0. The highest BCUT2D eigenvalue weighted by Gasteiger charge is 2.22. The van der Waals surface area contributed by atoms with Crippen molar-refractivity contribution >= 4 is 0 Å². The van der Waals surface area contributed by atoms with Crippen LogP contribution in [-0.2, 0) is 4.74 Å². The first-order valence-corrected chi connectivity index (χ1v) is 9.56. The van der Waals surface area contributed by atoms with Gasteiger partial charge in [0, 0.05) is 6.61 Å². The Morgan fingerprint density at radius 2 is 1.79 bits per heavy atom. The van der Waals surface area contributed by atoms with Crippen LogP contribution >= 0.6 is 0 Å². The Morgan fingerprint density at radius 3 is 2.46 bits per heavy atom. The minimum absolute atomic E-state index is 0.662. The van der Waals surface area contributed by atoms with E-state index in [4.69, 9.17) is 10.00 Å². The van der Waals surface area contributed by atoms with Gasteiger partial charge in [-0.2, -0.15) is 5.26 Å². The number of hydrogen-bond donors (Lipinski definition) is 0. The van der Waals surface area contributed by atoms with E-state index in [-0.39, 0.29) is 0 Å². The van der Waals surface area contributed by atoms with Crippen molar-refractivity contribution in [2.75, 3.05) is 13.2 Å².